The Kier molecular flexibility index (Phi) is 7.53. The summed E-state index contributed by atoms with van der Waals surface area (Å²) >= 11 is 0. The van der Waals surface area contributed by atoms with Gasteiger partial charge in [0, 0.05) is 30.7 Å². The van der Waals surface area contributed by atoms with Crippen LogP contribution in [0.25, 0.3) is 0 Å². The fraction of sp³-hybridized carbons (Fsp3) is 0.652. The molecule has 0 bridgehead atoms. The van der Waals surface area contributed by atoms with E-state index in [4.69, 9.17) is 4.74 Å². The van der Waals surface area contributed by atoms with Gasteiger partial charge in [-0.15, -0.1) is 0 Å². The molecule has 3 rings (SSSR count). The number of ether oxygens (including phenoxy) is 1. The second kappa shape index (κ2) is 10.1. The van der Waals surface area contributed by atoms with Gasteiger partial charge in [0.1, 0.15) is 5.75 Å². The van der Waals surface area contributed by atoms with E-state index in [0.29, 0.717) is 25.6 Å². The van der Waals surface area contributed by atoms with Gasteiger partial charge in [-0.1, -0.05) is 24.6 Å². The normalized spacial score (nSPS) is 21.2. The van der Waals surface area contributed by atoms with Crippen LogP contribution in [0, 0.1) is 0 Å². The Balaban J connectivity index is 1.48. The molecule has 2 amide bonds. The summed E-state index contributed by atoms with van der Waals surface area (Å²) in [5.41, 5.74) is 0.918. The highest BCUT2D eigenvalue weighted by Crippen LogP contribution is 2.22. The number of nitrogens with one attached hydrogen (secondary N) is 1. The Labute approximate surface area is 174 Å². The summed E-state index contributed by atoms with van der Waals surface area (Å²) in [4.78, 5) is 29.8. The number of nitrogens with zero attached hydrogens (tertiary/aromatic N) is 2. The summed E-state index contributed by atoms with van der Waals surface area (Å²) in [5, 5.41) is 3.26. The van der Waals surface area contributed by atoms with Crippen molar-refractivity contribution < 1.29 is 14.3 Å². The van der Waals surface area contributed by atoms with Crippen molar-refractivity contribution in [2.45, 2.75) is 70.5 Å². The molecule has 1 aromatic rings. The molecule has 2 aliphatic rings. The van der Waals surface area contributed by atoms with Crippen LogP contribution in [-0.2, 0) is 16.0 Å². The fourth-order valence-corrected chi connectivity index (χ4v) is 4.55. The van der Waals surface area contributed by atoms with Crippen molar-refractivity contribution in [2.24, 2.45) is 0 Å². The molecule has 1 atom stereocenters. The second-order valence-corrected chi connectivity index (χ2v) is 8.50. The predicted molar refractivity (Wildman–Crippen MR) is 114 cm³/mol. The maximum absolute atomic E-state index is 12.9. The van der Waals surface area contributed by atoms with Crippen LogP contribution in [0.4, 0.5) is 0 Å². The van der Waals surface area contributed by atoms with E-state index in [1.165, 1.54) is 6.42 Å². The van der Waals surface area contributed by atoms with Crippen LogP contribution in [0.3, 0.4) is 0 Å². The van der Waals surface area contributed by atoms with E-state index in [1.807, 2.05) is 29.2 Å². The number of hydrogen-bond acceptors (Lipinski definition) is 4. The minimum atomic E-state index is -0.00560. The summed E-state index contributed by atoms with van der Waals surface area (Å²) in [5.74, 6) is 1.04. The van der Waals surface area contributed by atoms with Gasteiger partial charge in [0.25, 0.3) is 0 Å². The van der Waals surface area contributed by atoms with Gasteiger partial charge in [0.2, 0.25) is 11.8 Å². The lowest BCUT2D eigenvalue weighted by Gasteiger charge is -2.39. The Morgan fingerprint density at radius 2 is 1.83 bits per heavy atom. The molecule has 2 saturated heterocycles. The van der Waals surface area contributed by atoms with Crippen LogP contribution in [0.5, 0.6) is 5.75 Å². The van der Waals surface area contributed by atoms with Gasteiger partial charge in [0.15, 0.2) is 0 Å². The third kappa shape index (κ3) is 5.50. The Morgan fingerprint density at radius 3 is 2.52 bits per heavy atom. The second-order valence-electron chi connectivity index (χ2n) is 8.50. The third-order valence-corrected chi connectivity index (χ3v) is 6.24. The fourth-order valence-electron chi connectivity index (χ4n) is 4.55. The molecule has 29 heavy (non-hydrogen) atoms. The lowest BCUT2D eigenvalue weighted by molar-refractivity contribution is -0.132. The van der Waals surface area contributed by atoms with Crippen molar-refractivity contribution >= 4 is 11.8 Å². The molecule has 2 fully saturated rings. The van der Waals surface area contributed by atoms with Crippen LogP contribution >= 0.6 is 0 Å². The molecule has 6 heteroatoms. The van der Waals surface area contributed by atoms with Crippen molar-refractivity contribution in [1.29, 1.82) is 0 Å². The largest absolute Gasteiger partial charge is 0.496 e. The Bertz CT molecular complexity index is 698. The standard InChI is InChI=1S/C23H35N3O3/c1-17(2)26-13-7-6-9-20(26)23(28)24-19-11-14-25(15-12-19)22(27)16-18-8-4-5-10-21(18)29-3/h4-5,8,10,17,19-20H,6-7,9,11-16H2,1-3H3,(H,24,28). The average Bonchev–Trinajstić information content (AvgIpc) is 2.74. The van der Waals surface area contributed by atoms with Crippen molar-refractivity contribution in [2.75, 3.05) is 26.7 Å². The van der Waals surface area contributed by atoms with Gasteiger partial charge in [-0.2, -0.15) is 0 Å². The highest BCUT2D eigenvalue weighted by Gasteiger charge is 2.32. The minimum absolute atomic E-state index is 0.00560. The summed E-state index contributed by atoms with van der Waals surface area (Å²) in [6, 6.07) is 8.21. The zero-order valence-electron chi connectivity index (χ0n) is 18.0. The maximum atomic E-state index is 12.9. The van der Waals surface area contributed by atoms with E-state index < -0.39 is 0 Å². The number of piperidine rings is 2. The summed E-state index contributed by atoms with van der Waals surface area (Å²) in [6.07, 6.45) is 5.23. The molecule has 1 N–H and O–H groups in total. The van der Waals surface area contributed by atoms with Crippen molar-refractivity contribution in [3.63, 3.8) is 0 Å². The molecule has 2 aliphatic heterocycles. The highest BCUT2D eigenvalue weighted by atomic mass is 16.5. The van der Waals surface area contributed by atoms with E-state index in [-0.39, 0.29) is 23.9 Å². The van der Waals surface area contributed by atoms with Crippen molar-refractivity contribution in [1.82, 2.24) is 15.1 Å². The summed E-state index contributed by atoms with van der Waals surface area (Å²) < 4.78 is 5.36. The number of carbonyl (C=O) groups excluding carboxylic acids is 2. The molecule has 0 aromatic heterocycles. The quantitative estimate of drug-likeness (QED) is 0.796. The third-order valence-electron chi connectivity index (χ3n) is 6.24. The predicted octanol–water partition coefficient (Wildman–Crippen LogP) is 2.61. The molecule has 0 spiro atoms. The Morgan fingerprint density at radius 1 is 1.10 bits per heavy atom. The lowest BCUT2D eigenvalue weighted by atomic mass is 9.98. The molecule has 160 valence electrons. The van der Waals surface area contributed by atoms with E-state index in [0.717, 1.165) is 43.5 Å². The molecular weight excluding hydrogens is 366 g/mol. The molecule has 0 saturated carbocycles. The first kappa shape index (κ1) is 21.6. The number of likely N-dealkylation sites (tertiary alicyclic amines) is 2. The van der Waals surface area contributed by atoms with Crippen LogP contribution in [0.2, 0.25) is 0 Å². The van der Waals surface area contributed by atoms with Crippen LogP contribution in [-0.4, -0.2) is 66.5 Å². The van der Waals surface area contributed by atoms with E-state index in [2.05, 4.69) is 24.1 Å². The van der Waals surface area contributed by atoms with Gasteiger partial charge in [-0.05, 0) is 52.1 Å². The monoisotopic (exact) mass is 401 g/mol. The van der Waals surface area contributed by atoms with E-state index >= 15 is 0 Å². The number of benzene rings is 1. The number of hydrogen-bond donors (Lipinski definition) is 1. The first-order chi connectivity index (χ1) is 14.0. The van der Waals surface area contributed by atoms with Gasteiger partial charge < -0.3 is 15.0 Å². The smallest absolute Gasteiger partial charge is 0.237 e. The number of rotatable bonds is 6. The number of amides is 2. The zero-order chi connectivity index (χ0) is 20.8. The first-order valence-corrected chi connectivity index (χ1v) is 11.0. The molecular formula is C23H35N3O3. The SMILES string of the molecule is COc1ccccc1CC(=O)N1CCC(NC(=O)C2CCCCN2C(C)C)CC1. The van der Waals surface area contributed by atoms with E-state index in [9.17, 15) is 9.59 Å². The van der Waals surface area contributed by atoms with Crippen LogP contribution in [0.15, 0.2) is 24.3 Å². The van der Waals surface area contributed by atoms with Gasteiger partial charge >= 0.3 is 0 Å². The molecule has 0 aliphatic carbocycles. The molecule has 0 radical (unpaired) electrons. The minimum Gasteiger partial charge on any atom is -0.496 e. The van der Waals surface area contributed by atoms with Crippen molar-refractivity contribution in [3.05, 3.63) is 29.8 Å². The van der Waals surface area contributed by atoms with Gasteiger partial charge in [-0.3, -0.25) is 14.5 Å². The highest BCUT2D eigenvalue weighted by molar-refractivity contribution is 5.82. The number of carbonyl (C=O) groups is 2. The van der Waals surface area contributed by atoms with Crippen molar-refractivity contribution in [3.8, 4) is 5.75 Å². The van der Waals surface area contributed by atoms with Crippen LogP contribution in [0.1, 0.15) is 51.5 Å². The first-order valence-electron chi connectivity index (χ1n) is 11.0. The summed E-state index contributed by atoms with van der Waals surface area (Å²) in [7, 11) is 1.63. The number of para-hydroxylation sites is 1. The molecule has 1 unspecified atom stereocenters. The lowest BCUT2D eigenvalue weighted by Crippen LogP contribution is -2.55. The van der Waals surface area contributed by atoms with Gasteiger partial charge in [0.05, 0.1) is 19.6 Å². The molecule has 2 heterocycles. The topological polar surface area (TPSA) is 61.9 Å². The van der Waals surface area contributed by atoms with Gasteiger partial charge in [-0.25, -0.2) is 0 Å². The molecule has 6 nitrogen and oxygen atoms in total. The summed E-state index contributed by atoms with van der Waals surface area (Å²) in [6.45, 7) is 6.72. The maximum Gasteiger partial charge on any atom is 0.237 e. The Hall–Kier alpha value is -2.08. The zero-order valence-corrected chi connectivity index (χ0v) is 18.0. The molecule has 1 aromatic carbocycles. The van der Waals surface area contributed by atoms with Crippen LogP contribution < -0.4 is 10.1 Å². The van der Waals surface area contributed by atoms with E-state index in [1.54, 1.807) is 7.11 Å². The average molecular weight is 402 g/mol. The number of methoxy groups -OCH3 is 1.